The molecule has 0 aliphatic rings. The van der Waals surface area contributed by atoms with Crippen LogP contribution >= 0.6 is 0 Å². The summed E-state index contributed by atoms with van der Waals surface area (Å²) in [7, 11) is -0.0961. The highest BCUT2D eigenvalue weighted by Gasteiger charge is 2.51. The SMILES string of the molecule is C=C([Si](C)(OC)OC)[Si](C)(CC)C(=C)[Si](C)(OC)OC. The van der Waals surface area contributed by atoms with Crippen LogP contribution in [0.1, 0.15) is 6.92 Å². The van der Waals surface area contributed by atoms with E-state index in [1.807, 2.05) is 13.1 Å². The summed E-state index contributed by atoms with van der Waals surface area (Å²) in [4.78, 5) is 2.19. The molecule has 0 spiro atoms. The molecule has 0 aromatic heterocycles. The Bertz CT molecular complexity index is 333. The van der Waals surface area contributed by atoms with Gasteiger partial charge in [-0.25, -0.2) is 0 Å². The zero-order valence-corrected chi connectivity index (χ0v) is 17.3. The van der Waals surface area contributed by atoms with E-state index in [9.17, 15) is 0 Å². The van der Waals surface area contributed by atoms with Crippen molar-refractivity contribution in [2.24, 2.45) is 0 Å². The van der Waals surface area contributed by atoms with Crippen LogP contribution in [-0.4, -0.2) is 53.6 Å². The summed E-state index contributed by atoms with van der Waals surface area (Å²) in [6, 6.07) is 0.981. The Balaban J connectivity index is 5.73. The van der Waals surface area contributed by atoms with Gasteiger partial charge in [0, 0.05) is 28.4 Å². The maximum Gasteiger partial charge on any atom is 0.360 e. The lowest BCUT2D eigenvalue weighted by molar-refractivity contribution is 0.261. The predicted octanol–water partition coefficient (Wildman–Crippen LogP) is 3.08. The van der Waals surface area contributed by atoms with Crippen LogP contribution in [0.25, 0.3) is 0 Å². The topological polar surface area (TPSA) is 36.9 Å². The summed E-state index contributed by atoms with van der Waals surface area (Å²) in [6.07, 6.45) is 0. The van der Waals surface area contributed by atoms with E-state index in [4.69, 9.17) is 17.7 Å². The fourth-order valence-corrected chi connectivity index (χ4v) is 16.4. The van der Waals surface area contributed by atoms with Gasteiger partial charge in [0.2, 0.25) is 0 Å². The molecule has 0 aromatic rings. The van der Waals surface area contributed by atoms with Gasteiger partial charge >= 0.3 is 17.1 Å². The maximum absolute atomic E-state index is 5.67. The fraction of sp³-hybridized carbons (Fsp3) is 0.692. The monoisotopic (exact) mass is 334 g/mol. The lowest BCUT2D eigenvalue weighted by Crippen LogP contribution is -2.57. The first-order chi connectivity index (χ1) is 9.11. The molecule has 0 fully saturated rings. The van der Waals surface area contributed by atoms with Crippen LogP contribution in [0.4, 0.5) is 0 Å². The Kier molecular flexibility index (Phi) is 7.29. The van der Waals surface area contributed by atoms with E-state index < -0.39 is 25.2 Å². The molecule has 0 heterocycles. The highest BCUT2D eigenvalue weighted by molar-refractivity contribution is 7.13. The van der Waals surface area contributed by atoms with E-state index in [1.165, 1.54) is 0 Å². The summed E-state index contributed by atoms with van der Waals surface area (Å²) >= 11 is 0. The molecule has 0 amide bonds. The number of hydrogen-bond acceptors (Lipinski definition) is 4. The average molecular weight is 335 g/mol. The minimum atomic E-state index is -2.41. The third-order valence-corrected chi connectivity index (χ3v) is 20.1. The zero-order chi connectivity index (χ0) is 16.2. The predicted molar refractivity (Wildman–Crippen MR) is 91.7 cm³/mol. The van der Waals surface area contributed by atoms with Crippen molar-refractivity contribution in [2.75, 3.05) is 28.4 Å². The van der Waals surface area contributed by atoms with E-state index in [1.54, 1.807) is 28.4 Å². The van der Waals surface area contributed by atoms with Crippen molar-refractivity contribution in [3.8, 4) is 0 Å². The molecule has 0 saturated carbocycles. The molecular formula is C13H30O4Si3. The largest absolute Gasteiger partial charge is 0.395 e. The molecule has 20 heavy (non-hydrogen) atoms. The van der Waals surface area contributed by atoms with Crippen molar-refractivity contribution in [1.82, 2.24) is 0 Å². The van der Waals surface area contributed by atoms with E-state index in [2.05, 4.69) is 26.6 Å². The Morgan fingerprint density at radius 2 is 1.00 bits per heavy atom. The second kappa shape index (κ2) is 7.30. The van der Waals surface area contributed by atoms with Crippen molar-refractivity contribution in [2.45, 2.75) is 32.6 Å². The highest BCUT2D eigenvalue weighted by atomic mass is 28.4. The van der Waals surface area contributed by atoms with Gasteiger partial charge < -0.3 is 17.7 Å². The van der Waals surface area contributed by atoms with Crippen molar-refractivity contribution >= 4 is 25.2 Å². The van der Waals surface area contributed by atoms with Crippen molar-refractivity contribution in [1.29, 1.82) is 0 Å². The van der Waals surface area contributed by atoms with Gasteiger partial charge in [-0.3, -0.25) is 0 Å². The van der Waals surface area contributed by atoms with Gasteiger partial charge in [-0.15, -0.1) is 13.2 Å². The third kappa shape index (κ3) is 3.41. The molecule has 0 radical (unpaired) electrons. The second-order valence-electron chi connectivity index (χ2n) is 5.35. The van der Waals surface area contributed by atoms with Gasteiger partial charge in [0.25, 0.3) is 0 Å². The Morgan fingerprint density at radius 1 is 0.750 bits per heavy atom. The minimum Gasteiger partial charge on any atom is -0.395 e. The molecule has 0 aromatic carbocycles. The Hall–Kier alpha value is -0.0294. The lowest BCUT2D eigenvalue weighted by Gasteiger charge is -2.41. The van der Waals surface area contributed by atoms with Gasteiger partial charge in [0.1, 0.15) is 8.07 Å². The van der Waals surface area contributed by atoms with Crippen LogP contribution in [0, 0.1) is 0 Å². The zero-order valence-electron chi connectivity index (χ0n) is 14.3. The molecule has 0 N–H and O–H groups in total. The standard InChI is InChI=1S/C13H30O4Si3/c1-11-18(8,12(2)19(9,14-4)15-5)13(3)20(10,16-6)17-7/h2-3,11H2,1,4-10H3. The first-order valence-corrected chi connectivity index (χ1v) is 14.1. The fourth-order valence-electron chi connectivity index (χ4n) is 2.27. The maximum atomic E-state index is 5.67. The van der Waals surface area contributed by atoms with E-state index in [-0.39, 0.29) is 0 Å². The van der Waals surface area contributed by atoms with Gasteiger partial charge in [-0.2, -0.15) is 0 Å². The summed E-state index contributed by atoms with van der Waals surface area (Å²) < 4.78 is 22.7. The summed E-state index contributed by atoms with van der Waals surface area (Å²) in [5, 5.41) is 0. The molecule has 4 nitrogen and oxygen atoms in total. The van der Waals surface area contributed by atoms with Crippen molar-refractivity contribution < 1.29 is 17.7 Å². The summed E-state index contributed by atoms with van der Waals surface area (Å²) in [5.74, 6) is 0. The van der Waals surface area contributed by atoms with Gasteiger partial charge in [-0.1, -0.05) is 19.5 Å². The van der Waals surface area contributed by atoms with E-state index >= 15 is 0 Å². The first-order valence-electron chi connectivity index (χ1n) is 6.72. The highest BCUT2D eigenvalue weighted by Crippen LogP contribution is 2.37. The normalized spacial score (nSPS) is 13.4. The van der Waals surface area contributed by atoms with E-state index in [0.29, 0.717) is 0 Å². The molecule has 118 valence electrons. The number of hydrogen-bond donors (Lipinski definition) is 0. The quantitative estimate of drug-likeness (QED) is 0.607. The van der Waals surface area contributed by atoms with Crippen LogP contribution in [0.2, 0.25) is 25.7 Å². The molecule has 7 heteroatoms. The van der Waals surface area contributed by atoms with Crippen LogP contribution in [-0.2, 0) is 17.7 Å². The first kappa shape index (κ1) is 20.0. The van der Waals surface area contributed by atoms with Crippen LogP contribution in [0.3, 0.4) is 0 Å². The summed E-state index contributed by atoms with van der Waals surface area (Å²) in [5.41, 5.74) is 0. The van der Waals surface area contributed by atoms with Crippen molar-refractivity contribution in [3.63, 3.8) is 0 Å². The Morgan fingerprint density at radius 3 is 1.15 bits per heavy atom. The van der Waals surface area contributed by atoms with Crippen LogP contribution < -0.4 is 0 Å². The molecule has 0 atom stereocenters. The number of rotatable bonds is 9. The van der Waals surface area contributed by atoms with Crippen molar-refractivity contribution in [3.05, 3.63) is 22.8 Å². The van der Waals surface area contributed by atoms with Gasteiger partial charge in [0.05, 0.1) is 0 Å². The van der Waals surface area contributed by atoms with Gasteiger partial charge in [0.15, 0.2) is 0 Å². The Labute approximate surface area is 127 Å². The minimum absolute atomic E-state index is 0.981. The van der Waals surface area contributed by atoms with E-state index in [0.717, 1.165) is 15.7 Å². The molecule has 0 unspecified atom stereocenters. The van der Waals surface area contributed by atoms with Crippen LogP contribution in [0.15, 0.2) is 22.8 Å². The summed E-state index contributed by atoms with van der Waals surface area (Å²) in [6.45, 7) is 17.2. The smallest absolute Gasteiger partial charge is 0.360 e. The molecule has 0 rings (SSSR count). The van der Waals surface area contributed by atoms with Crippen LogP contribution in [0.5, 0.6) is 0 Å². The molecule has 0 aliphatic carbocycles. The average Bonchev–Trinajstić information content (AvgIpc) is 2.50. The lowest BCUT2D eigenvalue weighted by atomic mass is 11.0. The molecule has 0 aliphatic heterocycles. The van der Waals surface area contributed by atoms with Gasteiger partial charge in [-0.05, 0) is 22.7 Å². The molecule has 0 saturated heterocycles. The molecule has 0 bridgehead atoms. The second-order valence-corrected chi connectivity index (χ2v) is 17.6. The molecular weight excluding hydrogens is 304 g/mol. The third-order valence-electron chi connectivity index (χ3n) is 4.69.